The van der Waals surface area contributed by atoms with Crippen LogP contribution in [-0.2, 0) is 24.5 Å². The summed E-state index contributed by atoms with van der Waals surface area (Å²) in [5, 5.41) is 0. The van der Waals surface area contributed by atoms with Gasteiger partial charge in [0.15, 0.2) is 0 Å². The van der Waals surface area contributed by atoms with Gasteiger partial charge in [-0.25, -0.2) is 9.59 Å². The van der Waals surface area contributed by atoms with Crippen molar-refractivity contribution < 1.29 is 19.1 Å². The molecule has 0 aliphatic heterocycles. The Balaban J connectivity index is 2.33. The highest BCUT2D eigenvalue weighted by Gasteiger charge is 2.30. The topological polar surface area (TPSA) is 52.6 Å². The number of hydrogen-bond donors (Lipinski definition) is 0. The van der Waals surface area contributed by atoms with Crippen molar-refractivity contribution in [3.05, 3.63) is 70.8 Å². The molecule has 0 atom stereocenters. The first-order chi connectivity index (χ1) is 14.7. The minimum Gasteiger partial charge on any atom is -0.463 e. The van der Waals surface area contributed by atoms with E-state index in [0.29, 0.717) is 13.2 Å². The van der Waals surface area contributed by atoms with Gasteiger partial charge in [-0.3, -0.25) is 0 Å². The van der Waals surface area contributed by atoms with E-state index in [9.17, 15) is 9.59 Å². The molecule has 0 spiro atoms. The highest BCUT2D eigenvalue weighted by atomic mass is 16.5. The highest BCUT2D eigenvalue weighted by molar-refractivity contribution is 5.93. The van der Waals surface area contributed by atoms with E-state index in [0.717, 1.165) is 40.7 Å². The van der Waals surface area contributed by atoms with E-state index in [2.05, 4.69) is 39.0 Å². The summed E-state index contributed by atoms with van der Waals surface area (Å²) in [6.07, 6.45) is 10.8. The number of esters is 2. The van der Waals surface area contributed by atoms with Gasteiger partial charge in [0.25, 0.3) is 0 Å². The molecule has 0 aromatic heterocycles. The molecule has 1 aliphatic rings. The molecule has 0 fully saturated rings. The van der Waals surface area contributed by atoms with Gasteiger partial charge in [-0.15, -0.1) is 0 Å². The molecule has 1 aromatic rings. The van der Waals surface area contributed by atoms with Crippen molar-refractivity contribution in [1.29, 1.82) is 0 Å². The number of carbonyl (C=O) groups excluding carboxylic acids is 2. The maximum absolute atomic E-state index is 12.1. The van der Waals surface area contributed by atoms with Gasteiger partial charge in [0.05, 0.1) is 13.2 Å². The van der Waals surface area contributed by atoms with Gasteiger partial charge < -0.3 is 9.47 Å². The lowest BCUT2D eigenvalue weighted by atomic mass is 9.70. The summed E-state index contributed by atoms with van der Waals surface area (Å²) in [7, 11) is 0. The Morgan fingerprint density at radius 2 is 1.74 bits per heavy atom. The van der Waals surface area contributed by atoms with Crippen molar-refractivity contribution >= 4 is 23.1 Å². The zero-order valence-electron chi connectivity index (χ0n) is 19.6. The first-order valence-corrected chi connectivity index (χ1v) is 10.9. The first-order valence-electron chi connectivity index (χ1n) is 10.9. The van der Waals surface area contributed by atoms with Gasteiger partial charge in [-0.1, -0.05) is 44.2 Å². The Bertz CT molecular complexity index is 942. The predicted octanol–water partition coefficient (Wildman–Crippen LogP) is 6.17. The van der Waals surface area contributed by atoms with Crippen LogP contribution in [0.25, 0.3) is 11.1 Å². The quantitative estimate of drug-likeness (QED) is 0.299. The summed E-state index contributed by atoms with van der Waals surface area (Å²) in [5.41, 5.74) is 6.50. The van der Waals surface area contributed by atoms with Crippen molar-refractivity contribution in [1.82, 2.24) is 0 Å². The molecule has 0 saturated heterocycles. The van der Waals surface area contributed by atoms with E-state index in [1.54, 1.807) is 13.0 Å². The summed E-state index contributed by atoms with van der Waals surface area (Å²) < 4.78 is 10.1. The summed E-state index contributed by atoms with van der Waals surface area (Å²) in [6, 6.07) is 6.48. The van der Waals surface area contributed by atoms with Crippen LogP contribution in [0.3, 0.4) is 0 Å². The molecular formula is C27H34O4. The van der Waals surface area contributed by atoms with E-state index in [4.69, 9.17) is 9.47 Å². The molecule has 1 aromatic carbocycles. The normalized spacial score (nSPS) is 17.5. The van der Waals surface area contributed by atoms with E-state index in [-0.39, 0.29) is 17.4 Å². The maximum atomic E-state index is 12.1. The molecule has 0 heterocycles. The zero-order chi connectivity index (χ0) is 23.0. The van der Waals surface area contributed by atoms with Gasteiger partial charge in [-0.05, 0) is 85.4 Å². The van der Waals surface area contributed by atoms with Gasteiger partial charge in [0.1, 0.15) is 0 Å². The number of fused-ring (bicyclic) bond motifs is 1. The summed E-state index contributed by atoms with van der Waals surface area (Å²) in [6.45, 7) is 12.8. The summed E-state index contributed by atoms with van der Waals surface area (Å²) in [4.78, 5) is 23.6. The largest absolute Gasteiger partial charge is 0.463 e. The maximum Gasteiger partial charge on any atom is 0.331 e. The van der Waals surface area contributed by atoms with Gasteiger partial charge in [0, 0.05) is 12.2 Å². The fraction of sp³-hybridized carbons (Fsp3) is 0.407. The number of benzene rings is 1. The van der Waals surface area contributed by atoms with Crippen molar-refractivity contribution in [3.8, 4) is 0 Å². The fourth-order valence-electron chi connectivity index (χ4n) is 3.70. The number of carbonyl (C=O) groups is 2. The molecule has 0 saturated carbocycles. The smallest absolute Gasteiger partial charge is 0.331 e. The minimum atomic E-state index is -0.330. The van der Waals surface area contributed by atoms with Crippen LogP contribution in [0.2, 0.25) is 0 Å². The second-order valence-electron chi connectivity index (χ2n) is 8.42. The Labute approximate surface area is 186 Å². The Morgan fingerprint density at radius 1 is 1.06 bits per heavy atom. The van der Waals surface area contributed by atoms with Crippen LogP contribution < -0.4 is 0 Å². The SMILES string of the molecule is CCOC(=O)C=C(C)C=CC=C(C)c1ccc2c(c1)C(=CC(=O)OCC)CCC2(C)C. The second-order valence-corrected chi connectivity index (χ2v) is 8.42. The standard InChI is InChI=1S/C27H34O4/c1-7-30-25(28)16-19(3)10-9-11-20(4)21-12-13-24-23(17-21)22(14-15-27(24,5)6)18-26(29)31-8-2/h9-13,16-18H,7-8,14-15H2,1-6H3. The van der Waals surface area contributed by atoms with Gasteiger partial charge in [-0.2, -0.15) is 0 Å². The number of rotatable bonds is 7. The van der Waals surface area contributed by atoms with Crippen molar-refractivity contribution in [2.45, 2.75) is 59.8 Å². The highest BCUT2D eigenvalue weighted by Crippen LogP contribution is 2.43. The third-order valence-corrected chi connectivity index (χ3v) is 5.49. The zero-order valence-corrected chi connectivity index (χ0v) is 19.6. The molecule has 4 nitrogen and oxygen atoms in total. The molecule has 0 bridgehead atoms. The predicted molar refractivity (Wildman–Crippen MR) is 126 cm³/mol. The molecule has 0 unspecified atom stereocenters. The van der Waals surface area contributed by atoms with Crippen LogP contribution in [0.4, 0.5) is 0 Å². The molecular weight excluding hydrogens is 388 g/mol. The number of ether oxygens (including phenoxy) is 2. The second kappa shape index (κ2) is 10.9. The lowest BCUT2D eigenvalue weighted by molar-refractivity contribution is -0.138. The van der Waals surface area contributed by atoms with Gasteiger partial charge >= 0.3 is 11.9 Å². The monoisotopic (exact) mass is 422 g/mol. The van der Waals surface area contributed by atoms with Crippen molar-refractivity contribution in [2.75, 3.05) is 13.2 Å². The van der Waals surface area contributed by atoms with Crippen molar-refractivity contribution in [3.63, 3.8) is 0 Å². The van der Waals surface area contributed by atoms with Crippen LogP contribution in [0.15, 0.2) is 54.2 Å². The average Bonchev–Trinajstić information content (AvgIpc) is 2.70. The van der Waals surface area contributed by atoms with E-state index < -0.39 is 0 Å². The van der Waals surface area contributed by atoms with Crippen LogP contribution >= 0.6 is 0 Å². The Kier molecular flexibility index (Phi) is 8.61. The van der Waals surface area contributed by atoms with E-state index in [1.807, 2.05) is 32.1 Å². The molecule has 31 heavy (non-hydrogen) atoms. The van der Waals surface area contributed by atoms with E-state index in [1.165, 1.54) is 11.6 Å². The lowest BCUT2D eigenvalue weighted by Crippen LogP contribution is -2.23. The van der Waals surface area contributed by atoms with Crippen LogP contribution in [-0.4, -0.2) is 25.2 Å². The van der Waals surface area contributed by atoms with Crippen LogP contribution in [0, 0.1) is 0 Å². The fourth-order valence-corrected chi connectivity index (χ4v) is 3.70. The van der Waals surface area contributed by atoms with Crippen LogP contribution in [0.1, 0.15) is 71.1 Å². The summed E-state index contributed by atoms with van der Waals surface area (Å²) >= 11 is 0. The molecule has 0 radical (unpaired) electrons. The minimum absolute atomic E-state index is 0.0619. The Morgan fingerprint density at radius 3 is 2.42 bits per heavy atom. The molecule has 0 N–H and O–H groups in total. The number of allylic oxidation sites excluding steroid dienone is 6. The Hall–Kier alpha value is -2.88. The van der Waals surface area contributed by atoms with Gasteiger partial charge in [0.2, 0.25) is 0 Å². The molecule has 1 aliphatic carbocycles. The third-order valence-electron chi connectivity index (χ3n) is 5.49. The average molecular weight is 423 g/mol. The first kappa shape index (κ1) is 24.4. The lowest BCUT2D eigenvalue weighted by Gasteiger charge is -2.34. The summed E-state index contributed by atoms with van der Waals surface area (Å²) in [5.74, 6) is -0.615. The third kappa shape index (κ3) is 6.81. The van der Waals surface area contributed by atoms with Crippen LogP contribution in [0.5, 0.6) is 0 Å². The van der Waals surface area contributed by atoms with Crippen molar-refractivity contribution in [2.24, 2.45) is 0 Å². The van der Waals surface area contributed by atoms with E-state index >= 15 is 0 Å². The molecule has 2 rings (SSSR count). The molecule has 0 amide bonds. The number of hydrogen-bond acceptors (Lipinski definition) is 4. The molecule has 166 valence electrons. The molecule has 4 heteroatoms.